The number of carboxylic acid groups (broad SMARTS) is 1. The van der Waals surface area contributed by atoms with Gasteiger partial charge in [-0.1, -0.05) is 49.4 Å². The molecule has 214 valence electrons. The molecule has 4 fully saturated rings. The average molecular weight is 550 g/mol. The van der Waals surface area contributed by atoms with Gasteiger partial charge in [0.1, 0.15) is 0 Å². The zero-order valence-corrected chi connectivity index (χ0v) is 22.9. The minimum atomic E-state index is -1.46. The molecule has 1 aromatic carbocycles. The Hall–Kier alpha value is -3.27. The van der Waals surface area contributed by atoms with E-state index in [9.17, 15) is 19.5 Å². The molecule has 0 radical (unpaired) electrons. The molecule has 0 spiro atoms. The summed E-state index contributed by atoms with van der Waals surface area (Å²) in [6.07, 6.45) is 14.7. The number of carbonyl (C=O) groups is 2. The van der Waals surface area contributed by atoms with Crippen molar-refractivity contribution in [2.45, 2.75) is 101 Å². The molecule has 2 aliphatic heterocycles. The molecule has 4 aliphatic rings. The molecule has 40 heavy (non-hydrogen) atoms. The van der Waals surface area contributed by atoms with E-state index in [0.717, 1.165) is 37.5 Å². The molecule has 2 saturated carbocycles. The van der Waals surface area contributed by atoms with Crippen LogP contribution in [0.3, 0.4) is 0 Å². The molecule has 10 heteroatoms. The molecule has 1 amide bonds. The highest BCUT2D eigenvalue weighted by Gasteiger charge is 2.45. The van der Waals surface area contributed by atoms with E-state index in [-0.39, 0.29) is 11.7 Å². The van der Waals surface area contributed by atoms with Gasteiger partial charge in [-0.25, -0.2) is 9.78 Å². The van der Waals surface area contributed by atoms with Crippen molar-refractivity contribution < 1.29 is 19.5 Å². The molecule has 3 N–H and O–H groups in total. The second kappa shape index (κ2) is 11.3. The maximum absolute atomic E-state index is 14.0. The Morgan fingerprint density at radius 1 is 0.925 bits per heavy atom. The first-order valence-electron chi connectivity index (χ1n) is 14.9. The van der Waals surface area contributed by atoms with E-state index in [0.29, 0.717) is 29.2 Å². The molecule has 2 unspecified atom stereocenters. The van der Waals surface area contributed by atoms with Crippen LogP contribution in [0.2, 0.25) is 0 Å². The highest BCUT2D eigenvalue weighted by Crippen LogP contribution is 2.47. The number of aromatic nitrogens is 2. The first kappa shape index (κ1) is 26.9. The lowest BCUT2D eigenvalue weighted by Gasteiger charge is -2.54. The van der Waals surface area contributed by atoms with Crippen LogP contribution in [0.1, 0.15) is 88.8 Å². The normalized spacial score (nSPS) is 30.9. The SMILES string of the molecule is NC(=O)CON=C(C(=O)O)c1nc2ccccc2n(C2C[C@H]3CCC[C@@H](C2)N3C2C[C@H]3CCCC[C@@H](C2)C3)c1=O. The van der Waals surface area contributed by atoms with Gasteiger partial charge in [-0.3, -0.25) is 14.5 Å². The van der Waals surface area contributed by atoms with Crippen LogP contribution in [0.15, 0.2) is 34.2 Å². The second-order valence-corrected chi connectivity index (χ2v) is 12.3. The number of hydrogen-bond acceptors (Lipinski definition) is 7. The Labute approximate surface area is 233 Å². The van der Waals surface area contributed by atoms with Crippen LogP contribution in [-0.4, -0.2) is 61.9 Å². The largest absolute Gasteiger partial charge is 0.476 e. The number of carbonyl (C=O) groups excluding carboxylic acids is 1. The summed E-state index contributed by atoms with van der Waals surface area (Å²) in [7, 11) is 0. The van der Waals surface area contributed by atoms with E-state index in [1.807, 2.05) is 18.2 Å². The number of oxime groups is 1. The number of aliphatic carboxylic acids is 1. The number of piperidine rings is 2. The molecule has 1 aromatic heterocycles. The predicted octanol–water partition coefficient (Wildman–Crippen LogP) is 3.60. The number of benzene rings is 1. The third-order valence-electron chi connectivity index (χ3n) is 9.73. The highest BCUT2D eigenvalue weighted by molar-refractivity contribution is 6.41. The maximum atomic E-state index is 14.0. The quantitative estimate of drug-likeness (QED) is 0.397. The number of primary amides is 1. The van der Waals surface area contributed by atoms with Crippen LogP contribution in [0.4, 0.5) is 0 Å². The lowest BCUT2D eigenvalue weighted by atomic mass is 9.73. The van der Waals surface area contributed by atoms with E-state index >= 15 is 0 Å². The van der Waals surface area contributed by atoms with Crippen molar-refractivity contribution in [1.82, 2.24) is 14.5 Å². The summed E-state index contributed by atoms with van der Waals surface area (Å²) in [6, 6.07) is 8.73. The van der Waals surface area contributed by atoms with Crippen molar-refractivity contribution in [3.63, 3.8) is 0 Å². The number of amides is 1. The monoisotopic (exact) mass is 549 g/mol. The van der Waals surface area contributed by atoms with Gasteiger partial charge < -0.3 is 20.2 Å². The molecule has 2 saturated heterocycles. The summed E-state index contributed by atoms with van der Waals surface area (Å²) < 4.78 is 1.76. The third kappa shape index (κ3) is 5.25. The van der Waals surface area contributed by atoms with Gasteiger partial charge in [0.25, 0.3) is 11.5 Å². The fourth-order valence-electron chi connectivity index (χ4n) is 8.32. The van der Waals surface area contributed by atoms with Gasteiger partial charge in [0.15, 0.2) is 12.3 Å². The number of hydrogen-bond donors (Lipinski definition) is 2. The van der Waals surface area contributed by atoms with Gasteiger partial charge in [0, 0.05) is 24.2 Å². The number of para-hydroxylation sites is 2. The van der Waals surface area contributed by atoms with Crippen LogP contribution in [-0.2, 0) is 14.4 Å². The van der Waals surface area contributed by atoms with Crippen molar-refractivity contribution in [3.8, 4) is 0 Å². The van der Waals surface area contributed by atoms with E-state index in [1.165, 1.54) is 51.4 Å². The summed E-state index contributed by atoms with van der Waals surface area (Å²) in [5, 5.41) is 13.5. The molecular formula is C30H39N5O5. The number of rotatable bonds is 7. The fourth-order valence-corrected chi connectivity index (χ4v) is 8.32. The number of nitrogens with zero attached hydrogens (tertiary/aromatic N) is 4. The first-order valence-corrected chi connectivity index (χ1v) is 14.9. The van der Waals surface area contributed by atoms with Gasteiger partial charge in [0.2, 0.25) is 5.71 Å². The lowest BCUT2D eigenvalue weighted by molar-refractivity contribution is -0.130. The number of fused-ring (bicyclic) bond motifs is 5. The van der Waals surface area contributed by atoms with Gasteiger partial charge >= 0.3 is 5.97 Å². The van der Waals surface area contributed by atoms with Gasteiger partial charge in [0.05, 0.1) is 11.0 Å². The van der Waals surface area contributed by atoms with E-state index in [2.05, 4.69) is 15.0 Å². The summed E-state index contributed by atoms with van der Waals surface area (Å²) in [6.45, 7) is -0.594. The molecular weight excluding hydrogens is 510 g/mol. The molecule has 3 heterocycles. The van der Waals surface area contributed by atoms with Crippen molar-refractivity contribution >= 4 is 28.6 Å². The van der Waals surface area contributed by atoms with Gasteiger partial charge in [-0.05, 0) is 68.9 Å². The summed E-state index contributed by atoms with van der Waals surface area (Å²) in [4.78, 5) is 49.3. The standard InChI is InChI=1S/C30H39N5O5/c31-26(36)17-40-33-28(30(38)39)27-29(37)35(25-11-4-3-10-24(25)32-27)23-15-20-8-5-9-21(16-23)34(20)22-13-18-6-1-2-7-19(12-18)14-22/h3-4,10-11,18-23H,1-2,5-9,12-17H2,(H2,31,36)(H,38,39)/t18-,19+,20-,21+,22?,23?. The predicted molar refractivity (Wildman–Crippen MR) is 150 cm³/mol. The topological polar surface area (TPSA) is 140 Å². The Bertz CT molecular complexity index is 1340. The minimum absolute atomic E-state index is 0.0712. The zero-order valence-electron chi connectivity index (χ0n) is 22.9. The van der Waals surface area contributed by atoms with Crippen LogP contribution in [0, 0.1) is 11.8 Å². The van der Waals surface area contributed by atoms with Gasteiger partial charge in [-0.2, -0.15) is 0 Å². The van der Waals surface area contributed by atoms with Crippen LogP contribution in [0.5, 0.6) is 0 Å². The second-order valence-electron chi connectivity index (χ2n) is 12.3. The Morgan fingerprint density at radius 3 is 2.25 bits per heavy atom. The van der Waals surface area contributed by atoms with E-state index in [4.69, 9.17) is 10.6 Å². The van der Waals surface area contributed by atoms with Crippen LogP contribution < -0.4 is 11.3 Å². The molecule has 2 aromatic rings. The Balaban J connectivity index is 1.35. The summed E-state index contributed by atoms with van der Waals surface area (Å²) >= 11 is 0. The third-order valence-corrected chi connectivity index (χ3v) is 9.73. The zero-order chi connectivity index (χ0) is 27.8. The van der Waals surface area contributed by atoms with Crippen molar-refractivity contribution in [2.24, 2.45) is 22.7 Å². The van der Waals surface area contributed by atoms with E-state index < -0.39 is 29.8 Å². The summed E-state index contributed by atoms with van der Waals surface area (Å²) in [5.41, 5.74) is 4.89. The van der Waals surface area contributed by atoms with Crippen molar-refractivity contribution in [3.05, 3.63) is 40.3 Å². The van der Waals surface area contributed by atoms with Crippen LogP contribution in [0.25, 0.3) is 11.0 Å². The number of nitrogens with two attached hydrogens (primary N) is 1. The fraction of sp³-hybridized carbons (Fsp3) is 0.633. The Kier molecular flexibility index (Phi) is 7.61. The van der Waals surface area contributed by atoms with Crippen molar-refractivity contribution in [2.75, 3.05) is 6.61 Å². The first-order chi connectivity index (χ1) is 19.4. The summed E-state index contributed by atoms with van der Waals surface area (Å²) in [5.74, 6) is -0.552. The highest BCUT2D eigenvalue weighted by atomic mass is 16.6. The smallest absolute Gasteiger partial charge is 0.360 e. The minimum Gasteiger partial charge on any atom is -0.476 e. The molecule has 2 aliphatic carbocycles. The van der Waals surface area contributed by atoms with Crippen LogP contribution >= 0.6 is 0 Å². The Morgan fingerprint density at radius 2 is 1.60 bits per heavy atom. The average Bonchev–Trinajstić information content (AvgIpc) is 3.09. The van der Waals surface area contributed by atoms with E-state index in [1.54, 1.807) is 10.6 Å². The molecule has 6 rings (SSSR count). The lowest BCUT2D eigenvalue weighted by Crippen LogP contribution is -2.58. The number of carboxylic acids is 1. The molecule has 10 nitrogen and oxygen atoms in total. The van der Waals surface area contributed by atoms with Crippen molar-refractivity contribution in [1.29, 1.82) is 0 Å². The maximum Gasteiger partial charge on any atom is 0.360 e. The van der Waals surface area contributed by atoms with Gasteiger partial charge in [-0.15, -0.1) is 0 Å². The molecule has 4 bridgehead atoms. The molecule has 6 atom stereocenters.